The van der Waals surface area contributed by atoms with Gasteiger partial charge in [0, 0.05) is 16.5 Å². The van der Waals surface area contributed by atoms with Gasteiger partial charge in [0.05, 0.1) is 6.42 Å². The number of benzene rings is 1. The van der Waals surface area contributed by atoms with E-state index in [2.05, 4.69) is 0 Å². The SMILES string of the molecule is Cc1c(C)c(Cl)c(C)c(C(CC(=O)O)C2CC2)c1O. The summed E-state index contributed by atoms with van der Waals surface area (Å²) < 4.78 is 0. The molecule has 1 aromatic rings. The van der Waals surface area contributed by atoms with Crippen LogP contribution in [0.5, 0.6) is 5.75 Å². The van der Waals surface area contributed by atoms with Crippen LogP contribution in [0.3, 0.4) is 0 Å². The molecule has 1 fully saturated rings. The molecule has 1 atom stereocenters. The van der Waals surface area contributed by atoms with Crippen LogP contribution in [-0.4, -0.2) is 16.2 Å². The summed E-state index contributed by atoms with van der Waals surface area (Å²) in [5.41, 5.74) is 3.17. The van der Waals surface area contributed by atoms with Gasteiger partial charge in [0.2, 0.25) is 0 Å². The van der Waals surface area contributed by atoms with E-state index >= 15 is 0 Å². The molecule has 1 saturated carbocycles. The predicted molar refractivity (Wildman–Crippen MR) is 75.0 cm³/mol. The maximum absolute atomic E-state index is 11.1. The maximum atomic E-state index is 11.1. The van der Waals surface area contributed by atoms with Gasteiger partial charge in [0.25, 0.3) is 0 Å². The molecular formula is C15H19ClO3. The van der Waals surface area contributed by atoms with Crippen molar-refractivity contribution in [3.05, 3.63) is 27.3 Å². The molecule has 1 unspecified atom stereocenters. The fraction of sp³-hybridized carbons (Fsp3) is 0.533. The van der Waals surface area contributed by atoms with E-state index < -0.39 is 5.97 Å². The average Bonchev–Trinajstić information content (AvgIpc) is 3.16. The van der Waals surface area contributed by atoms with Gasteiger partial charge in [-0.25, -0.2) is 0 Å². The summed E-state index contributed by atoms with van der Waals surface area (Å²) in [5.74, 6) is -0.379. The standard InChI is InChI=1S/C15H19ClO3/c1-7-8(2)15(19)13(9(3)14(7)16)11(6-12(17)18)10-4-5-10/h10-11,19H,4-6H2,1-3H3,(H,17,18). The van der Waals surface area contributed by atoms with E-state index in [4.69, 9.17) is 16.7 Å². The maximum Gasteiger partial charge on any atom is 0.303 e. The molecule has 0 aromatic heterocycles. The second kappa shape index (κ2) is 5.04. The van der Waals surface area contributed by atoms with Crippen molar-refractivity contribution in [1.82, 2.24) is 0 Å². The third-order valence-electron chi connectivity index (χ3n) is 4.19. The Kier molecular flexibility index (Phi) is 3.77. The van der Waals surface area contributed by atoms with Gasteiger partial charge >= 0.3 is 5.97 Å². The Morgan fingerprint density at radius 2 is 1.84 bits per heavy atom. The van der Waals surface area contributed by atoms with Crippen molar-refractivity contribution in [3.63, 3.8) is 0 Å². The minimum atomic E-state index is -0.829. The number of rotatable bonds is 4. The number of hydrogen-bond donors (Lipinski definition) is 2. The molecule has 0 radical (unpaired) electrons. The van der Waals surface area contributed by atoms with Crippen molar-refractivity contribution >= 4 is 17.6 Å². The van der Waals surface area contributed by atoms with Crippen molar-refractivity contribution in [2.24, 2.45) is 5.92 Å². The third kappa shape index (κ3) is 2.57. The first-order chi connectivity index (χ1) is 8.84. The topological polar surface area (TPSA) is 57.5 Å². The van der Waals surface area contributed by atoms with Crippen LogP contribution in [-0.2, 0) is 4.79 Å². The molecule has 104 valence electrons. The van der Waals surface area contributed by atoms with Crippen molar-refractivity contribution in [3.8, 4) is 5.75 Å². The van der Waals surface area contributed by atoms with Gasteiger partial charge in [0.1, 0.15) is 5.75 Å². The smallest absolute Gasteiger partial charge is 0.303 e. The van der Waals surface area contributed by atoms with E-state index in [1.807, 2.05) is 20.8 Å². The number of aromatic hydroxyl groups is 1. The van der Waals surface area contributed by atoms with Crippen LogP contribution in [0.2, 0.25) is 5.02 Å². The molecule has 2 N–H and O–H groups in total. The first-order valence-corrected chi connectivity index (χ1v) is 6.92. The lowest BCUT2D eigenvalue weighted by Crippen LogP contribution is -2.11. The lowest BCUT2D eigenvalue weighted by molar-refractivity contribution is -0.137. The Morgan fingerprint density at radius 3 is 2.32 bits per heavy atom. The van der Waals surface area contributed by atoms with Gasteiger partial charge in [-0.3, -0.25) is 4.79 Å². The summed E-state index contributed by atoms with van der Waals surface area (Å²) in [6.45, 7) is 5.56. The number of carbonyl (C=O) groups is 1. The molecular weight excluding hydrogens is 264 g/mol. The first-order valence-electron chi connectivity index (χ1n) is 6.54. The summed E-state index contributed by atoms with van der Waals surface area (Å²) >= 11 is 6.31. The summed E-state index contributed by atoms with van der Waals surface area (Å²) in [5, 5.41) is 20.1. The summed E-state index contributed by atoms with van der Waals surface area (Å²) in [6, 6.07) is 0. The van der Waals surface area contributed by atoms with Crippen LogP contribution in [0, 0.1) is 26.7 Å². The first kappa shape index (κ1) is 14.2. The Morgan fingerprint density at radius 1 is 1.26 bits per heavy atom. The van der Waals surface area contributed by atoms with Crippen LogP contribution in [0.4, 0.5) is 0 Å². The van der Waals surface area contributed by atoms with E-state index in [0.717, 1.165) is 35.1 Å². The Hall–Kier alpha value is -1.22. The number of halogens is 1. The largest absolute Gasteiger partial charge is 0.507 e. The highest BCUT2D eigenvalue weighted by molar-refractivity contribution is 6.32. The zero-order chi connectivity index (χ0) is 14.3. The number of phenolic OH excluding ortho intramolecular Hbond substituents is 1. The molecule has 0 saturated heterocycles. The lowest BCUT2D eigenvalue weighted by atomic mass is 9.85. The number of carboxylic acids is 1. The lowest BCUT2D eigenvalue weighted by Gasteiger charge is -2.22. The second-order valence-electron chi connectivity index (χ2n) is 5.49. The Labute approximate surface area is 118 Å². The van der Waals surface area contributed by atoms with Crippen LogP contribution in [0.1, 0.15) is 47.4 Å². The highest BCUT2D eigenvalue weighted by Crippen LogP contribution is 2.50. The van der Waals surface area contributed by atoms with E-state index in [-0.39, 0.29) is 18.1 Å². The fourth-order valence-corrected chi connectivity index (χ4v) is 3.01. The minimum absolute atomic E-state index is 0.0535. The minimum Gasteiger partial charge on any atom is -0.507 e. The van der Waals surface area contributed by atoms with Crippen molar-refractivity contribution in [2.45, 2.75) is 46.0 Å². The summed E-state index contributed by atoms with van der Waals surface area (Å²) in [6.07, 6.45) is 2.11. The predicted octanol–water partition coefficient (Wildman–Crippen LogP) is 3.94. The molecule has 3 nitrogen and oxygen atoms in total. The van der Waals surface area contributed by atoms with Crippen LogP contribution >= 0.6 is 11.6 Å². The number of carboxylic acid groups (broad SMARTS) is 1. The molecule has 1 aliphatic rings. The van der Waals surface area contributed by atoms with Crippen molar-refractivity contribution < 1.29 is 15.0 Å². The average molecular weight is 283 g/mol. The van der Waals surface area contributed by atoms with Gasteiger partial charge in [-0.05, 0) is 56.2 Å². The molecule has 0 aliphatic heterocycles. The molecule has 0 amide bonds. The quantitative estimate of drug-likeness (QED) is 0.879. The van der Waals surface area contributed by atoms with E-state index in [9.17, 15) is 9.90 Å². The van der Waals surface area contributed by atoms with E-state index in [1.165, 1.54) is 0 Å². The van der Waals surface area contributed by atoms with Crippen LogP contribution < -0.4 is 0 Å². The highest BCUT2D eigenvalue weighted by Gasteiger charge is 2.37. The normalized spacial score (nSPS) is 16.4. The number of aliphatic carboxylic acids is 1. The summed E-state index contributed by atoms with van der Waals surface area (Å²) in [4.78, 5) is 11.1. The molecule has 1 aromatic carbocycles. The van der Waals surface area contributed by atoms with Gasteiger partial charge in [-0.2, -0.15) is 0 Å². The fourth-order valence-electron chi connectivity index (χ4n) is 2.77. The molecule has 2 rings (SSSR count). The van der Waals surface area contributed by atoms with Gasteiger partial charge in [-0.15, -0.1) is 0 Å². The zero-order valence-corrected chi connectivity index (χ0v) is 12.2. The Bertz CT molecular complexity index is 504. The van der Waals surface area contributed by atoms with Gasteiger partial charge in [-0.1, -0.05) is 11.6 Å². The van der Waals surface area contributed by atoms with Crippen molar-refractivity contribution in [1.29, 1.82) is 0 Å². The van der Waals surface area contributed by atoms with E-state index in [0.29, 0.717) is 10.9 Å². The van der Waals surface area contributed by atoms with Crippen LogP contribution in [0.25, 0.3) is 0 Å². The van der Waals surface area contributed by atoms with Gasteiger partial charge in [0.15, 0.2) is 0 Å². The van der Waals surface area contributed by atoms with Crippen molar-refractivity contribution in [2.75, 3.05) is 0 Å². The third-order valence-corrected chi connectivity index (χ3v) is 4.76. The molecule has 1 aliphatic carbocycles. The molecule has 0 heterocycles. The van der Waals surface area contributed by atoms with E-state index in [1.54, 1.807) is 0 Å². The molecule has 0 spiro atoms. The van der Waals surface area contributed by atoms with Gasteiger partial charge < -0.3 is 10.2 Å². The van der Waals surface area contributed by atoms with Crippen LogP contribution in [0.15, 0.2) is 0 Å². The number of hydrogen-bond acceptors (Lipinski definition) is 2. The highest BCUT2D eigenvalue weighted by atomic mass is 35.5. The molecule has 0 bridgehead atoms. The summed E-state index contributed by atoms with van der Waals surface area (Å²) in [7, 11) is 0. The zero-order valence-electron chi connectivity index (χ0n) is 11.5. The Balaban J connectivity index is 2.56. The second-order valence-corrected chi connectivity index (χ2v) is 5.87. The monoisotopic (exact) mass is 282 g/mol. The molecule has 4 heteroatoms. The number of phenols is 1. The molecule has 19 heavy (non-hydrogen) atoms.